The second-order valence-corrected chi connectivity index (χ2v) is 9.71. The zero-order valence-electron chi connectivity index (χ0n) is 26.2. The average molecular weight is 631 g/mol. The van der Waals surface area contributed by atoms with Crippen LogP contribution in [0.2, 0.25) is 0 Å². The SMILES string of the molecule is O=C(NCCOCCOCCOCCOCCOCCOCCOCCOCCOC1CCNCC1)OCc1ccccc1. The number of benzene rings is 1. The molecule has 254 valence electrons. The van der Waals surface area contributed by atoms with E-state index in [1.54, 1.807) is 0 Å². The van der Waals surface area contributed by atoms with E-state index >= 15 is 0 Å². The molecular formula is C31H54N2O11. The highest BCUT2D eigenvalue weighted by Gasteiger charge is 2.12. The van der Waals surface area contributed by atoms with Gasteiger partial charge in [0.15, 0.2) is 0 Å². The van der Waals surface area contributed by atoms with Crippen molar-refractivity contribution >= 4 is 6.09 Å². The van der Waals surface area contributed by atoms with Crippen LogP contribution < -0.4 is 10.6 Å². The van der Waals surface area contributed by atoms with Gasteiger partial charge in [-0.1, -0.05) is 30.3 Å². The van der Waals surface area contributed by atoms with Crippen molar-refractivity contribution in [1.82, 2.24) is 10.6 Å². The van der Waals surface area contributed by atoms with Gasteiger partial charge in [-0.15, -0.1) is 0 Å². The molecule has 13 heteroatoms. The van der Waals surface area contributed by atoms with Crippen molar-refractivity contribution in [3.8, 4) is 0 Å². The number of hydrogen-bond acceptors (Lipinski definition) is 12. The van der Waals surface area contributed by atoms with Gasteiger partial charge in [-0.3, -0.25) is 0 Å². The molecule has 1 amide bonds. The Balaban J connectivity index is 1.15. The van der Waals surface area contributed by atoms with Crippen LogP contribution in [0.15, 0.2) is 30.3 Å². The van der Waals surface area contributed by atoms with Gasteiger partial charge in [-0.2, -0.15) is 0 Å². The Bertz CT molecular complexity index is 757. The summed E-state index contributed by atoms with van der Waals surface area (Å²) in [6, 6.07) is 9.52. The van der Waals surface area contributed by atoms with Crippen LogP contribution in [-0.2, 0) is 54.0 Å². The van der Waals surface area contributed by atoms with Crippen LogP contribution in [-0.4, -0.2) is 144 Å². The van der Waals surface area contributed by atoms with Gasteiger partial charge in [0, 0.05) is 6.54 Å². The highest BCUT2D eigenvalue weighted by Crippen LogP contribution is 2.06. The molecular weight excluding hydrogens is 576 g/mol. The largest absolute Gasteiger partial charge is 0.445 e. The van der Waals surface area contributed by atoms with E-state index in [1.165, 1.54) is 0 Å². The molecule has 13 nitrogen and oxygen atoms in total. The van der Waals surface area contributed by atoms with Gasteiger partial charge in [0.2, 0.25) is 0 Å². The molecule has 0 saturated carbocycles. The number of carbonyl (C=O) groups excluding carboxylic acids is 1. The molecule has 1 fully saturated rings. The average Bonchev–Trinajstić information content (AvgIpc) is 3.06. The maximum atomic E-state index is 11.6. The molecule has 0 aromatic heterocycles. The standard InChI is InChI=1S/C31H54N2O11/c34-31(44-28-29-4-2-1-3-5-29)33-10-11-35-12-13-36-14-15-37-16-17-38-18-19-39-20-21-40-22-23-41-24-25-42-26-27-43-30-6-8-32-9-7-30/h1-5,30,32H,6-28H2,(H,33,34). The number of piperidine rings is 1. The van der Waals surface area contributed by atoms with Gasteiger partial charge in [0.1, 0.15) is 6.61 Å². The van der Waals surface area contributed by atoms with E-state index < -0.39 is 6.09 Å². The molecule has 0 spiro atoms. The molecule has 1 aliphatic heterocycles. The van der Waals surface area contributed by atoms with Gasteiger partial charge in [-0.25, -0.2) is 4.79 Å². The predicted molar refractivity (Wildman–Crippen MR) is 163 cm³/mol. The van der Waals surface area contributed by atoms with Crippen LogP contribution in [0, 0.1) is 0 Å². The Labute approximate surface area is 262 Å². The van der Waals surface area contributed by atoms with Crippen LogP contribution >= 0.6 is 0 Å². The number of hydrogen-bond donors (Lipinski definition) is 2. The summed E-state index contributed by atoms with van der Waals surface area (Å²) in [6.45, 7) is 11.4. The highest BCUT2D eigenvalue weighted by atomic mass is 16.6. The van der Waals surface area contributed by atoms with Crippen LogP contribution in [0.5, 0.6) is 0 Å². The minimum Gasteiger partial charge on any atom is -0.445 e. The van der Waals surface area contributed by atoms with Gasteiger partial charge >= 0.3 is 6.09 Å². The summed E-state index contributed by atoms with van der Waals surface area (Å²) in [6.07, 6.45) is 2.06. The van der Waals surface area contributed by atoms with E-state index in [4.69, 9.17) is 47.4 Å². The minimum absolute atomic E-state index is 0.241. The maximum absolute atomic E-state index is 11.6. The van der Waals surface area contributed by atoms with Crippen molar-refractivity contribution in [2.45, 2.75) is 25.6 Å². The predicted octanol–water partition coefficient (Wildman–Crippen LogP) is 1.81. The Hall–Kier alpha value is -1.91. The van der Waals surface area contributed by atoms with Crippen LogP contribution in [0.3, 0.4) is 0 Å². The molecule has 1 aliphatic rings. The summed E-state index contributed by atoms with van der Waals surface area (Å²) >= 11 is 0. The molecule has 0 unspecified atom stereocenters. The van der Waals surface area contributed by atoms with Crippen LogP contribution in [0.1, 0.15) is 18.4 Å². The van der Waals surface area contributed by atoms with Crippen molar-refractivity contribution in [2.75, 3.05) is 132 Å². The van der Waals surface area contributed by atoms with Crippen LogP contribution in [0.25, 0.3) is 0 Å². The van der Waals surface area contributed by atoms with Crippen molar-refractivity contribution in [1.29, 1.82) is 0 Å². The Morgan fingerprint density at radius 3 is 1.45 bits per heavy atom. The summed E-state index contributed by atoms with van der Waals surface area (Å²) in [5, 5.41) is 5.97. The molecule has 0 aliphatic carbocycles. The van der Waals surface area contributed by atoms with Gasteiger partial charge < -0.3 is 58.0 Å². The number of ether oxygens (including phenoxy) is 10. The van der Waals surface area contributed by atoms with E-state index in [0.29, 0.717) is 125 Å². The molecule has 1 aromatic carbocycles. The number of amides is 1. The first-order chi connectivity index (χ1) is 21.8. The van der Waals surface area contributed by atoms with E-state index in [0.717, 1.165) is 31.5 Å². The molecule has 0 atom stereocenters. The first kappa shape index (κ1) is 38.3. The third kappa shape index (κ3) is 24.4. The zero-order chi connectivity index (χ0) is 31.0. The van der Waals surface area contributed by atoms with Crippen molar-refractivity contribution in [3.05, 3.63) is 35.9 Å². The number of rotatable bonds is 30. The van der Waals surface area contributed by atoms with Crippen molar-refractivity contribution in [2.24, 2.45) is 0 Å². The fourth-order valence-electron chi connectivity index (χ4n) is 3.88. The zero-order valence-corrected chi connectivity index (χ0v) is 26.2. The van der Waals surface area contributed by atoms with Crippen molar-refractivity contribution in [3.63, 3.8) is 0 Å². The van der Waals surface area contributed by atoms with Gasteiger partial charge in [0.05, 0.1) is 118 Å². The summed E-state index contributed by atoms with van der Waals surface area (Å²) in [7, 11) is 0. The summed E-state index contributed by atoms with van der Waals surface area (Å²) in [4.78, 5) is 11.6. The number of nitrogens with one attached hydrogen (secondary N) is 2. The highest BCUT2D eigenvalue weighted by molar-refractivity contribution is 5.67. The number of alkyl carbamates (subject to hydrolysis) is 1. The summed E-state index contributed by atoms with van der Waals surface area (Å²) < 4.78 is 54.7. The fraction of sp³-hybridized carbons (Fsp3) is 0.774. The van der Waals surface area contributed by atoms with E-state index in [9.17, 15) is 4.79 Å². The lowest BCUT2D eigenvalue weighted by Crippen LogP contribution is -2.33. The molecule has 1 aromatic rings. The first-order valence-electron chi connectivity index (χ1n) is 15.7. The molecule has 0 radical (unpaired) electrons. The Morgan fingerprint density at radius 2 is 1.00 bits per heavy atom. The second-order valence-electron chi connectivity index (χ2n) is 9.71. The molecule has 0 bridgehead atoms. The van der Waals surface area contributed by atoms with E-state index in [2.05, 4.69) is 10.6 Å². The van der Waals surface area contributed by atoms with E-state index in [1.807, 2.05) is 30.3 Å². The lowest BCUT2D eigenvalue weighted by atomic mass is 10.1. The molecule has 1 heterocycles. The first-order valence-corrected chi connectivity index (χ1v) is 15.7. The fourth-order valence-corrected chi connectivity index (χ4v) is 3.88. The topological polar surface area (TPSA) is 133 Å². The molecule has 2 rings (SSSR count). The van der Waals surface area contributed by atoms with Crippen LogP contribution in [0.4, 0.5) is 4.79 Å². The number of carbonyl (C=O) groups is 1. The smallest absolute Gasteiger partial charge is 0.407 e. The second kappa shape index (κ2) is 29.8. The molecule has 1 saturated heterocycles. The van der Waals surface area contributed by atoms with Gasteiger partial charge in [-0.05, 0) is 31.5 Å². The molecule has 2 N–H and O–H groups in total. The van der Waals surface area contributed by atoms with Gasteiger partial charge in [0.25, 0.3) is 0 Å². The Kier molecular flexibility index (Phi) is 25.9. The third-order valence-electron chi connectivity index (χ3n) is 6.20. The monoisotopic (exact) mass is 630 g/mol. The summed E-state index contributed by atoms with van der Waals surface area (Å²) in [5.41, 5.74) is 0.941. The lowest BCUT2D eigenvalue weighted by Gasteiger charge is -2.22. The maximum Gasteiger partial charge on any atom is 0.407 e. The minimum atomic E-state index is -0.465. The lowest BCUT2D eigenvalue weighted by molar-refractivity contribution is -0.0318. The van der Waals surface area contributed by atoms with E-state index in [-0.39, 0.29) is 6.61 Å². The Morgan fingerprint density at radius 1 is 0.591 bits per heavy atom. The third-order valence-corrected chi connectivity index (χ3v) is 6.20. The normalized spacial score (nSPS) is 13.7. The summed E-state index contributed by atoms with van der Waals surface area (Å²) in [5.74, 6) is 0. The quantitative estimate of drug-likeness (QED) is 0.120. The molecule has 44 heavy (non-hydrogen) atoms. The van der Waals surface area contributed by atoms with Crippen molar-refractivity contribution < 1.29 is 52.2 Å².